The summed E-state index contributed by atoms with van der Waals surface area (Å²) in [5.74, 6) is 1.89. The van der Waals surface area contributed by atoms with E-state index < -0.39 is 8.07 Å². The van der Waals surface area contributed by atoms with Gasteiger partial charge in [0, 0.05) is 16.8 Å². The van der Waals surface area contributed by atoms with Crippen molar-refractivity contribution in [3.63, 3.8) is 0 Å². The van der Waals surface area contributed by atoms with Crippen molar-refractivity contribution >= 4 is 67.4 Å². The number of rotatable bonds is 7. The molecule has 0 unspecified atom stereocenters. The summed E-state index contributed by atoms with van der Waals surface area (Å²) in [4.78, 5) is 2.39. The smallest absolute Gasteiger partial charge is 0.188 e. The van der Waals surface area contributed by atoms with E-state index in [4.69, 9.17) is 4.74 Å². The molecule has 59 heavy (non-hydrogen) atoms. The van der Waals surface area contributed by atoms with Crippen molar-refractivity contribution in [3.05, 3.63) is 237 Å². The Balaban J connectivity index is 0.989. The van der Waals surface area contributed by atoms with Gasteiger partial charge in [-0.1, -0.05) is 194 Å². The lowest BCUT2D eigenvalue weighted by Crippen LogP contribution is -2.76. The zero-order valence-corrected chi connectivity index (χ0v) is 33.4. The van der Waals surface area contributed by atoms with Gasteiger partial charge in [0.05, 0.1) is 5.69 Å². The molecule has 10 aromatic carbocycles. The summed E-state index contributed by atoms with van der Waals surface area (Å²) >= 11 is 0. The zero-order valence-electron chi connectivity index (χ0n) is 32.4. The third-order valence-electron chi connectivity index (χ3n) is 12.0. The van der Waals surface area contributed by atoms with E-state index in [0.29, 0.717) is 0 Å². The van der Waals surface area contributed by atoms with E-state index in [9.17, 15) is 0 Å². The second-order valence-electron chi connectivity index (χ2n) is 15.2. The van der Waals surface area contributed by atoms with E-state index in [1.165, 1.54) is 64.5 Å². The molecule has 1 heterocycles. The average molecular weight is 770 g/mol. The summed E-state index contributed by atoms with van der Waals surface area (Å²) in [6.07, 6.45) is 0. The fourth-order valence-corrected chi connectivity index (χ4v) is 14.2. The van der Waals surface area contributed by atoms with E-state index in [1.54, 1.807) is 0 Å². The van der Waals surface area contributed by atoms with Gasteiger partial charge in [-0.2, -0.15) is 0 Å². The number of ether oxygens (including phenoxy) is 1. The number of hydrogen-bond donors (Lipinski definition) is 0. The molecule has 0 saturated heterocycles. The molecule has 0 spiro atoms. The molecule has 278 valence electrons. The van der Waals surface area contributed by atoms with Crippen LogP contribution in [0.3, 0.4) is 0 Å². The topological polar surface area (TPSA) is 12.5 Å². The molecule has 0 aliphatic carbocycles. The summed E-state index contributed by atoms with van der Waals surface area (Å²) in [7, 11) is -2.69. The van der Waals surface area contributed by atoms with Crippen LogP contribution in [0, 0.1) is 0 Å². The van der Waals surface area contributed by atoms with Crippen LogP contribution in [0.15, 0.2) is 237 Å². The van der Waals surface area contributed by atoms with E-state index in [-0.39, 0.29) is 0 Å². The summed E-state index contributed by atoms with van der Waals surface area (Å²) in [6, 6.07) is 86.1. The van der Waals surface area contributed by atoms with Crippen molar-refractivity contribution < 1.29 is 4.74 Å². The van der Waals surface area contributed by atoms with E-state index in [2.05, 4.69) is 241 Å². The van der Waals surface area contributed by atoms with E-state index in [0.717, 1.165) is 28.6 Å². The molecule has 11 rings (SSSR count). The Hall–Kier alpha value is -7.46. The molecule has 0 amide bonds. The molecule has 0 bridgehead atoms. The van der Waals surface area contributed by atoms with Crippen molar-refractivity contribution in [2.75, 3.05) is 4.90 Å². The van der Waals surface area contributed by atoms with Crippen molar-refractivity contribution in [3.8, 4) is 33.8 Å². The monoisotopic (exact) mass is 769 g/mol. The maximum absolute atomic E-state index is 6.56. The molecule has 0 aromatic heterocycles. The Morgan fingerprint density at radius 1 is 0.322 bits per heavy atom. The van der Waals surface area contributed by atoms with Crippen molar-refractivity contribution in [2.45, 2.75) is 0 Å². The maximum atomic E-state index is 6.56. The molecular weight excluding hydrogens is 731 g/mol. The van der Waals surface area contributed by atoms with Gasteiger partial charge in [0.1, 0.15) is 11.5 Å². The predicted molar refractivity (Wildman–Crippen MR) is 251 cm³/mol. The Kier molecular flexibility index (Phi) is 8.53. The second-order valence-corrected chi connectivity index (χ2v) is 19.0. The van der Waals surface area contributed by atoms with Crippen LogP contribution in [0.5, 0.6) is 11.5 Å². The summed E-state index contributed by atoms with van der Waals surface area (Å²) < 4.78 is 6.56. The second kappa shape index (κ2) is 14.5. The van der Waals surface area contributed by atoms with Crippen LogP contribution in [0.1, 0.15) is 0 Å². The molecule has 0 atom stereocenters. The lowest BCUT2D eigenvalue weighted by molar-refractivity contribution is 0.487. The lowest BCUT2D eigenvalue weighted by atomic mass is 9.98. The summed E-state index contributed by atoms with van der Waals surface area (Å²) in [5.41, 5.74) is 8.15. The number of para-hydroxylation sites is 2. The van der Waals surface area contributed by atoms with Gasteiger partial charge in [-0.05, 0) is 102 Å². The molecule has 1 aliphatic heterocycles. The number of fused-ring (bicyclic) bond motifs is 4. The highest BCUT2D eigenvalue weighted by molar-refractivity contribution is 7.20. The van der Waals surface area contributed by atoms with E-state index >= 15 is 0 Å². The van der Waals surface area contributed by atoms with E-state index in [1.807, 2.05) is 0 Å². The fraction of sp³-hybridized carbons (Fsp3) is 0. The largest absolute Gasteiger partial charge is 0.458 e. The van der Waals surface area contributed by atoms with Crippen LogP contribution in [-0.4, -0.2) is 8.07 Å². The minimum Gasteiger partial charge on any atom is -0.458 e. The van der Waals surface area contributed by atoms with Gasteiger partial charge in [0.25, 0.3) is 0 Å². The van der Waals surface area contributed by atoms with Gasteiger partial charge in [0.15, 0.2) is 8.07 Å². The van der Waals surface area contributed by atoms with Crippen molar-refractivity contribution in [2.24, 2.45) is 0 Å². The molecule has 2 nitrogen and oxygen atoms in total. The number of benzene rings is 10. The van der Waals surface area contributed by atoms with Crippen LogP contribution in [-0.2, 0) is 0 Å². The first-order valence-corrected chi connectivity index (χ1v) is 22.3. The molecule has 0 saturated carbocycles. The normalized spacial score (nSPS) is 12.7. The highest BCUT2D eigenvalue weighted by Gasteiger charge is 2.47. The SMILES string of the molecule is c1ccc([Si]2(c3ccc(-c4ccc(N(c5ccc(-c6cccc7ccccc67)cc5)c5cccc6ccccc56)cc4)cc3)c3ccccc3Oc3ccccc32)cc1. The first-order chi connectivity index (χ1) is 29.3. The Labute approximate surface area is 345 Å². The molecule has 10 aromatic rings. The number of hydrogen-bond acceptors (Lipinski definition) is 2. The van der Waals surface area contributed by atoms with Gasteiger partial charge in [-0.15, -0.1) is 0 Å². The molecular formula is C56H39NOSi. The molecule has 0 radical (unpaired) electrons. The standard InChI is InChI=1S/C56H39NOSi/c1-2-18-47(19-3-1)59(55-26-10-8-24-53(55)58-54-25-9-11-27-56(54)59)48-38-32-41(33-39-48)40-28-34-45(35-29-40)57(52-23-13-17-43-15-5-7-21-51(43)52)46-36-30-44(31-37-46)50-22-12-16-42-14-4-6-20-49(42)50/h1-39H. The van der Waals surface area contributed by atoms with Crippen LogP contribution < -0.4 is 30.4 Å². The predicted octanol–water partition coefficient (Wildman–Crippen LogP) is 12.3. The van der Waals surface area contributed by atoms with Crippen LogP contribution in [0.4, 0.5) is 17.1 Å². The van der Waals surface area contributed by atoms with Crippen molar-refractivity contribution in [1.29, 1.82) is 0 Å². The van der Waals surface area contributed by atoms with Gasteiger partial charge >= 0.3 is 0 Å². The fourth-order valence-electron chi connectivity index (χ4n) is 9.28. The average Bonchev–Trinajstić information content (AvgIpc) is 3.31. The maximum Gasteiger partial charge on any atom is 0.188 e. The Bertz CT molecular complexity index is 3060. The molecule has 1 aliphatic rings. The van der Waals surface area contributed by atoms with Gasteiger partial charge in [0.2, 0.25) is 0 Å². The number of anilines is 3. The first-order valence-electron chi connectivity index (χ1n) is 20.3. The number of nitrogens with zero attached hydrogens (tertiary/aromatic N) is 1. The molecule has 0 fully saturated rings. The van der Waals surface area contributed by atoms with Gasteiger partial charge in [-0.3, -0.25) is 0 Å². The quantitative estimate of drug-likeness (QED) is 0.150. The third kappa shape index (κ3) is 5.86. The highest BCUT2D eigenvalue weighted by atomic mass is 28.3. The van der Waals surface area contributed by atoms with Crippen LogP contribution >= 0.6 is 0 Å². The summed E-state index contributed by atoms with van der Waals surface area (Å²) in [5, 5.41) is 10.2. The van der Waals surface area contributed by atoms with Gasteiger partial charge < -0.3 is 9.64 Å². The Morgan fingerprint density at radius 2 is 0.780 bits per heavy atom. The molecule has 0 N–H and O–H groups in total. The third-order valence-corrected chi connectivity index (χ3v) is 16.9. The van der Waals surface area contributed by atoms with Crippen molar-refractivity contribution in [1.82, 2.24) is 0 Å². The van der Waals surface area contributed by atoms with Crippen LogP contribution in [0.2, 0.25) is 0 Å². The summed E-state index contributed by atoms with van der Waals surface area (Å²) in [6.45, 7) is 0. The lowest BCUT2D eigenvalue weighted by Gasteiger charge is -2.39. The molecule has 3 heteroatoms. The minimum atomic E-state index is -2.69. The minimum absolute atomic E-state index is 0.945. The first kappa shape index (κ1) is 34.8. The zero-order chi connectivity index (χ0) is 39.2. The Morgan fingerprint density at radius 3 is 1.42 bits per heavy atom. The van der Waals surface area contributed by atoms with Gasteiger partial charge in [-0.25, -0.2) is 0 Å². The van der Waals surface area contributed by atoms with Crippen LogP contribution in [0.25, 0.3) is 43.8 Å². The highest BCUT2D eigenvalue weighted by Crippen LogP contribution is 2.41.